The molecule has 1 aromatic carbocycles. The van der Waals surface area contributed by atoms with Gasteiger partial charge in [-0.3, -0.25) is 5.10 Å². The smallest absolute Gasteiger partial charge is 0.332 e. The van der Waals surface area contributed by atoms with Crippen LogP contribution in [0, 0.1) is 24.1 Å². The SMILES string of the molecule is Cc1cc(-n2c(C(C)(C)CC#N)c(C3CO[C@H](C(=O)O)C3)c3nc4[nH]ncc4cc32)ccc1F. The molecule has 2 N–H and O–H groups in total. The molecule has 1 aliphatic heterocycles. The van der Waals surface area contributed by atoms with E-state index in [1.807, 2.05) is 24.5 Å². The molecule has 1 unspecified atom stereocenters. The Bertz CT molecular complexity index is 1480. The largest absolute Gasteiger partial charge is 0.479 e. The van der Waals surface area contributed by atoms with Crippen molar-refractivity contribution in [3.05, 3.63) is 53.1 Å². The molecule has 0 aliphatic carbocycles. The topological polar surface area (TPSA) is 117 Å². The number of halogens is 1. The molecule has 5 rings (SSSR count). The van der Waals surface area contributed by atoms with E-state index in [-0.39, 0.29) is 24.8 Å². The van der Waals surface area contributed by atoms with Crippen LogP contribution < -0.4 is 0 Å². The highest BCUT2D eigenvalue weighted by molar-refractivity contribution is 5.94. The Labute approximate surface area is 195 Å². The van der Waals surface area contributed by atoms with Gasteiger partial charge in [0.2, 0.25) is 0 Å². The van der Waals surface area contributed by atoms with E-state index >= 15 is 0 Å². The van der Waals surface area contributed by atoms with E-state index in [9.17, 15) is 19.6 Å². The maximum Gasteiger partial charge on any atom is 0.332 e. The quantitative estimate of drug-likeness (QED) is 0.452. The number of rotatable bonds is 5. The number of nitriles is 1. The molecule has 4 aromatic rings. The van der Waals surface area contributed by atoms with Gasteiger partial charge in [0.15, 0.2) is 11.8 Å². The monoisotopic (exact) mass is 461 g/mol. The van der Waals surface area contributed by atoms with Crippen molar-refractivity contribution in [1.29, 1.82) is 5.26 Å². The van der Waals surface area contributed by atoms with Crippen molar-refractivity contribution in [2.45, 2.75) is 51.0 Å². The molecule has 174 valence electrons. The first-order valence-electron chi connectivity index (χ1n) is 11.1. The number of pyridine rings is 1. The number of aliphatic carboxylic acids is 1. The number of hydrogen-bond donors (Lipinski definition) is 2. The van der Waals surface area contributed by atoms with Crippen LogP contribution >= 0.6 is 0 Å². The van der Waals surface area contributed by atoms with Gasteiger partial charge in [-0.2, -0.15) is 10.4 Å². The molecule has 1 fully saturated rings. The number of carbonyl (C=O) groups is 1. The molecule has 0 amide bonds. The van der Waals surface area contributed by atoms with Crippen LogP contribution in [0.15, 0.2) is 30.5 Å². The summed E-state index contributed by atoms with van der Waals surface area (Å²) in [5.74, 6) is -1.53. The lowest BCUT2D eigenvalue weighted by Gasteiger charge is -2.27. The molecule has 2 atom stereocenters. The van der Waals surface area contributed by atoms with Gasteiger partial charge in [0.1, 0.15) is 5.82 Å². The molecule has 0 radical (unpaired) electrons. The third-order valence-corrected chi connectivity index (χ3v) is 6.62. The predicted octanol–water partition coefficient (Wildman–Crippen LogP) is 4.50. The molecule has 1 aliphatic rings. The van der Waals surface area contributed by atoms with Crippen LogP contribution in [0.5, 0.6) is 0 Å². The zero-order valence-electron chi connectivity index (χ0n) is 19.1. The van der Waals surface area contributed by atoms with Gasteiger partial charge < -0.3 is 14.4 Å². The van der Waals surface area contributed by atoms with Crippen molar-refractivity contribution in [2.24, 2.45) is 0 Å². The Morgan fingerprint density at radius 1 is 1.41 bits per heavy atom. The standard InChI is InChI=1S/C25H24FN5O3/c1-13-8-16(4-5-17(13)26)31-18-9-14-11-28-30-23(14)29-21(18)20(22(31)25(2,3)6-7-27)15-10-19(24(32)33)34-12-15/h4-5,8-9,11,15,19H,6,10,12H2,1-3H3,(H,32,33)(H,28,29,30)/t15?,19-/m0/s1. The number of ether oxygens (including phenoxy) is 1. The first-order valence-corrected chi connectivity index (χ1v) is 11.1. The fraction of sp³-hybridized carbons (Fsp3) is 0.360. The lowest BCUT2D eigenvalue weighted by atomic mass is 9.80. The molecule has 0 spiro atoms. The highest BCUT2D eigenvalue weighted by atomic mass is 19.1. The third kappa shape index (κ3) is 3.42. The summed E-state index contributed by atoms with van der Waals surface area (Å²) in [6, 6.07) is 9.17. The van der Waals surface area contributed by atoms with Crippen molar-refractivity contribution in [3.8, 4) is 11.8 Å². The van der Waals surface area contributed by atoms with E-state index in [0.29, 0.717) is 23.1 Å². The zero-order chi connectivity index (χ0) is 24.2. The maximum atomic E-state index is 14.2. The third-order valence-electron chi connectivity index (χ3n) is 6.62. The summed E-state index contributed by atoms with van der Waals surface area (Å²) in [7, 11) is 0. The summed E-state index contributed by atoms with van der Waals surface area (Å²) in [4.78, 5) is 16.5. The van der Waals surface area contributed by atoms with E-state index < -0.39 is 17.5 Å². The number of aromatic nitrogens is 4. The second-order valence-electron chi connectivity index (χ2n) is 9.51. The number of carboxylic acids is 1. The molecule has 9 heteroatoms. The summed E-state index contributed by atoms with van der Waals surface area (Å²) in [6.45, 7) is 5.91. The average molecular weight is 461 g/mol. The lowest BCUT2D eigenvalue weighted by Crippen LogP contribution is -2.24. The molecular weight excluding hydrogens is 437 g/mol. The second kappa shape index (κ2) is 7.92. The fourth-order valence-corrected chi connectivity index (χ4v) is 4.96. The highest BCUT2D eigenvalue weighted by Gasteiger charge is 2.40. The molecule has 3 aromatic heterocycles. The number of aryl methyl sites for hydroxylation is 1. The Morgan fingerprint density at radius 3 is 2.88 bits per heavy atom. The van der Waals surface area contributed by atoms with Gasteiger partial charge >= 0.3 is 5.97 Å². The summed E-state index contributed by atoms with van der Waals surface area (Å²) in [5.41, 5.74) is 4.43. The van der Waals surface area contributed by atoms with E-state index in [4.69, 9.17) is 9.72 Å². The van der Waals surface area contributed by atoms with Gasteiger partial charge in [0, 0.05) is 40.1 Å². The summed E-state index contributed by atoms with van der Waals surface area (Å²) in [6.07, 6.45) is 1.31. The number of carboxylic acid groups (broad SMARTS) is 1. The van der Waals surface area contributed by atoms with Crippen LogP contribution in [0.4, 0.5) is 4.39 Å². The van der Waals surface area contributed by atoms with Crippen LogP contribution in [0.2, 0.25) is 0 Å². The predicted molar refractivity (Wildman–Crippen MR) is 123 cm³/mol. The Hall–Kier alpha value is -3.77. The van der Waals surface area contributed by atoms with Crippen molar-refractivity contribution in [1.82, 2.24) is 19.7 Å². The number of benzene rings is 1. The van der Waals surface area contributed by atoms with Crippen LogP contribution in [-0.2, 0) is 14.9 Å². The summed E-state index contributed by atoms with van der Waals surface area (Å²) in [5, 5.41) is 27.0. The molecule has 4 heterocycles. The van der Waals surface area contributed by atoms with Crippen molar-refractivity contribution in [2.75, 3.05) is 6.61 Å². The number of nitrogens with one attached hydrogen (secondary N) is 1. The van der Waals surface area contributed by atoms with Crippen LogP contribution in [-0.4, -0.2) is 43.5 Å². The minimum Gasteiger partial charge on any atom is -0.479 e. The second-order valence-corrected chi connectivity index (χ2v) is 9.51. The first kappa shape index (κ1) is 22.0. The van der Waals surface area contributed by atoms with Crippen molar-refractivity contribution < 1.29 is 19.0 Å². The van der Waals surface area contributed by atoms with Gasteiger partial charge in [-0.05, 0) is 43.2 Å². The Morgan fingerprint density at radius 2 is 2.21 bits per heavy atom. The van der Waals surface area contributed by atoms with E-state index in [0.717, 1.165) is 27.8 Å². The van der Waals surface area contributed by atoms with Crippen LogP contribution in [0.3, 0.4) is 0 Å². The van der Waals surface area contributed by atoms with Gasteiger partial charge in [-0.1, -0.05) is 13.8 Å². The summed E-state index contributed by atoms with van der Waals surface area (Å²) >= 11 is 0. The average Bonchev–Trinajstić information content (AvgIpc) is 3.50. The molecular formula is C25H24FN5O3. The highest BCUT2D eigenvalue weighted by Crippen LogP contribution is 2.45. The van der Waals surface area contributed by atoms with Gasteiger partial charge in [-0.25, -0.2) is 14.2 Å². The van der Waals surface area contributed by atoms with E-state index in [1.54, 1.807) is 25.3 Å². The number of hydrogen-bond acceptors (Lipinski definition) is 5. The number of H-pyrrole nitrogens is 1. The van der Waals surface area contributed by atoms with Crippen molar-refractivity contribution >= 4 is 28.0 Å². The lowest BCUT2D eigenvalue weighted by molar-refractivity contribution is -0.147. The molecule has 34 heavy (non-hydrogen) atoms. The minimum absolute atomic E-state index is 0.228. The van der Waals surface area contributed by atoms with Crippen LogP contribution in [0.1, 0.15) is 49.4 Å². The molecule has 0 bridgehead atoms. The number of aromatic amines is 1. The zero-order valence-corrected chi connectivity index (χ0v) is 19.1. The first-order chi connectivity index (χ1) is 16.2. The van der Waals surface area contributed by atoms with E-state index in [2.05, 4.69) is 16.3 Å². The number of fused-ring (bicyclic) bond motifs is 2. The van der Waals surface area contributed by atoms with E-state index in [1.165, 1.54) is 6.07 Å². The van der Waals surface area contributed by atoms with Crippen LogP contribution in [0.25, 0.3) is 27.8 Å². The summed E-state index contributed by atoms with van der Waals surface area (Å²) < 4.78 is 21.8. The van der Waals surface area contributed by atoms with Gasteiger partial charge in [0.25, 0.3) is 0 Å². The normalized spacial score (nSPS) is 18.6. The molecule has 1 saturated heterocycles. The van der Waals surface area contributed by atoms with Gasteiger partial charge in [-0.15, -0.1) is 0 Å². The molecule has 0 saturated carbocycles. The Kier molecular flexibility index (Phi) is 5.14. The minimum atomic E-state index is -0.998. The van der Waals surface area contributed by atoms with Gasteiger partial charge in [0.05, 0.1) is 29.9 Å². The number of nitrogens with zero attached hydrogens (tertiary/aromatic N) is 4. The molecule has 8 nitrogen and oxygen atoms in total. The Balaban J connectivity index is 1.89. The fourth-order valence-electron chi connectivity index (χ4n) is 4.96. The maximum absolute atomic E-state index is 14.2. The van der Waals surface area contributed by atoms with Crippen molar-refractivity contribution in [3.63, 3.8) is 0 Å².